The molecule has 2 aliphatic heterocycles. The molecule has 0 bridgehead atoms. The largest absolute Gasteiger partial charge is 0.422 e. The van der Waals surface area contributed by atoms with Crippen LogP contribution in [0.2, 0.25) is 0 Å². The number of carbonyl (C=O) groups excluding carboxylic acids is 1. The Hall–Kier alpha value is -2.67. The smallest absolute Gasteiger partial charge is 0.347 e. The van der Waals surface area contributed by atoms with Crippen LogP contribution in [0, 0.1) is 6.92 Å². The molecule has 0 radical (unpaired) electrons. The molecule has 30 heavy (non-hydrogen) atoms. The van der Waals surface area contributed by atoms with Gasteiger partial charge in [-0.3, -0.25) is 9.48 Å². The minimum atomic E-state index is -0.414. The van der Waals surface area contributed by atoms with Crippen molar-refractivity contribution in [2.45, 2.75) is 51.6 Å². The SMILES string of the molecule is Cc1ccc2oc(=O)c3cnn(CC(=O)N4CCC(N5CCCCC5)CC4)c3c2c1. The van der Waals surface area contributed by atoms with E-state index in [1.807, 2.05) is 24.0 Å². The Morgan fingerprint density at radius 3 is 2.63 bits per heavy atom. The fraction of sp³-hybridized carbons (Fsp3) is 0.522. The summed E-state index contributed by atoms with van der Waals surface area (Å²) >= 11 is 0. The summed E-state index contributed by atoms with van der Waals surface area (Å²) in [5.74, 6) is 0.0612. The van der Waals surface area contributed by atoms with Crippen molar-refractivity contribution in [1.82, 2.24) is 19.6 Å². The summed E-state index contributed by atoms with van der Waals surface area (Å²) in [6.07, 6.45) is 7.53. The summed E-state index contributed by atoms with van der Waals surface area (Å²) in [5.41, 5.74) is 1.86. The Morgan fingerprint density at radius 2 is 1.87 bits per heavy atom. The van der Waals surface area contributed by atoms with E-state index in [-0.39, 0.29) is 12.5 Å². The molecule has 4 heterocycles. The van der Waals surface area contributed by atoms with Gasteiger partial charge in [-0.25, -0.2) is 4.79 Å². The van der Waals surface area contributed by atoms with Crippen molar-refractivity contribution in [1.29, 1.82) is 0 Å². The predicted molar refractivity (Wildman–Crippen MR) is 116 cm³/mol. The summed E-state index contributed by atoms with van der Waals surface area (Å²) in [5, 5.41) is 5.60. The van der Waals surface area contributed by atoms with Crippen LogP contribution in [-0.2, 0) is 11.3 Å². The maximum absolute atomic E-state index is 13.0. The average Bonchev–Trinajstić information content (AvgIpc) is 3.20. The molecule has 7 heteroatoms. The fourth-order valence-corrected chi connectivity index (χ4v) is 5.00. The van der Waals surface area contributed by atoms with Crippen molar-refractivity contribution in [2.75, 3.05) is 26.2 Å². The maximum atomic E-state index is 13.0. The molecule has 0 aliphatic carbocycles. The monoisotopic (exact) mass is 408 g/mol. The molecule has 1 amide bonds. The number of fused-ring (bicyclic) bond motifs is 3. The van der Waals surface area contributed by atoms with Gasteiger partial charge >= 0.3 is 5.63 Å². The van der Waals surface area contributed by atoms with Crippen molar-refractivity contribution in [3.05, 3.63) is 40.4 Å². The quantitative estimate of drug-likeness (QED) is 0.623. The molecule has 3 aromatic rings. The molecule has 0 atom stereocenters. The molecule has 1 aromatic carbocycles. The lowest BCUT2D eigenvalue weighted by atomic mass is 10.00. The van der Waals surface area contributed by atoms with E-state index in [0.29, 0.717) is 22.5 Å². The highest BCUT2D eigenvalue weighted by Crippen LogP contribution is 2.25. The number of piperidine rings is 2. The van der Waals surface area contributed by atoms with E-state index in [2.05, 4.69) is 10.00 Å². The molecular weight excluding hydrogens is 380 g/mol. The van der Waals surface area contributed by atoms with Crippen LogP contribution in [-0.4, -0.2) is 57.7 Å². The lowest BCUT2D eigenvalue weighted by Gasteiger charge is -2.40. The average molecular weight is 409 g/mol. The van der Waals surface area contributed by atoms with Crippen LogP contribution in [0.5, 0.6) is 0 Å². The summed E-state index contributed by atoms with van der Waals surface area (Å²) < 4.78 is 7.08. The van der Waals surface area contributed by atoms with E-state index >= 15 is 0 Å². The highest BCUT2D eigenvalue weighted by atomic mass is 16.4. The lowest BCUT2D eigenvalue weighted by molar-refractivity contribution is -0.133. The van der Waals surface area contributed by atoms with E-state index in [0.717, 1.165) is 36.9 Å². The number of nitrogens with zero attached hydrogens (tertiary/aromatic N) is 4. The number of benzene rings is 1. The van der Waals surface area contributed by atoms with Crippen molar-refractivity contribution < 1.29 is 9.21 Å². The highest BCUT2D eigenvalue weighted by molar-refractivity contribution is 6.02. The Labute approximate surface area is 175 Å². The van der Waals surface area contributed by atoms with E-state index in [1.165, 1.54) is 38.5 Å². The van der Waals surface area contributed by atoms with Crippen molar-refractivity contribution >= 4 is 27.8 Å². The molecule has 7 nitrogen and oxygen atoms in total. The van der Waals surface area contributed by atoms with E-state index < -0.39 is 5.63 Å². The topological polar surface area (TPSA) is 71.6 Å². The molecule has 0 spiro atoms. The zero-order valence-corrected chi connectivity index (χ0v) is 17.5. The molecule has 0 N–H and O–H groups in total. The second-order valence-electron chi connectivity index (χ2n) is 8.66. The van der Waals surface area contributed by atoms with E-state index in [1.54, 1.807) is 10.7 Å². The van der Waals surface area contributed by atoms with Gasteiger partial charge in [0, 0.05) is 24.5 Å². The second-order valence-corrected chi connectivity index (χ2v) is 8.66. The fourth-order valence-electron chi connectivity index (χ4n) is 5.00. The van der Waals surface area contributed by atoms with Crippen LogP contribution in [0.25, 0.3) is 21.9 Å². The normalized spacial score (nSPS) is 19.0. The first kappa shape index (κ1) is 19.3. The number of amides is 1. The number of rotatable bonds is 3. The van der Waals surface area contributed by atoms with Crippen molar-refractivity contribution in [2.24, 2.45) is 0 Å². The second kappa shape index (κ2) is 7.87. The van der Waals surface area contributed by atoms with Crippen LogP contribution < -0.4 is 5.63 Å². The van der Waals surface area contributed by atoms with Crippen molar-refractivity contribution in [3.63, 3.8) is 0 Å². The number of hydrogen-bond acceptors (Lipinski definition) is 5. The van der Waals surface area contributed by atoms with Crippen LogP contribution in [0.3, 0.4) is 0 Å². The summed E-state index contributed by atoms with van der Waals surface area (Å²) in [6.45, 7) is 6.13. The Kier molecular flexibility index (Phi) is 5.06. The van der Waals surface area contributed by atoms with Gasteiger partial charge in [-0.15, -0.1) is 0 Å². The van der Waals surface area contributed by atoms with Crippen LogP contribution in [0.1, 0.15) is 37.7 Å². The van der Waals surface area contributed by atoms with Gasteiger partial charge in [0.25, 0.3) is 0 Å². The van der Waals surface area contributed by atoms with Gasteiger partial charge in [-0.2, -0.15) is 5.10 Å². The van der Waals surface area contributed by atoms with Crippen LogP contribution >= 0.6 is 0 Å². The van der Waals surface area contributed by atoms with Gasteiger partial charge in [0.1, 0.15) is 17.5 Å². The van der Waals surface area contributed by atoms with Gasteiger partial charge < -0.3 is 14.2 Å². The first-order valence-corrected chi connectivity index (χ1v) is 11.0. The number of aromatic nitrogens is 2. The Bertz CT molecular complexity index is 1130. The third-order valence-electron chi connectivity index (χ3n) is 6.66. The first-order chi connectivity index (χ1) is 14.6. The molecular formula is C23H28N4O3. The van der Waals surface area contributed by atoms with Gasteiger partial charge in [0.05, 0.1) is 11.7 Å². The number of carbonyl (C=O) groups is 1. The number of aryl methyl sites for hydroxylation is 1. The van der Waals surface area contributed by atoms with Gasteiger partial charge in [-0.1, -0.05) is 18.1 Å². The third kappa shape index (κ3) is 3.51. The summed E-state index contributed by atoms with van der Waals surface area (Å²) in [7, 11) is 0. The van der Waals surface area contributed by atoms with Crippen molar-refractivity contribution in [3.8, 4) is 0 Å². The van der Waals surface area contributed by atoms with Crippen LogP contribution in [0.15, 0.2) is 33.6 Å². The summed E-state index contributed by atoms with van der Waals surface area (Å²) in [4.78, 5) is 29.9. The molecule has 2 saturated heterocycles. The zero-order valence-electron chi connectivity index (χ0n) is 17.5. The molecule has 2 aromatic heterocycles. The third-order valence-corrected chi connectivity index (χ3v) is 6.66. The Balaban J connectivity index is 1.35. The lowest BCUT2D eigenvalue weighted by Crippen LogP contribution is -2.48. The minimum absolute atomic E-state index is 0.0612. The first-order valence-electron chi connectivity index (χ1n) is 11.0. The molecule has 158 valence electrons. The minimum Gasteiger partial charge on any atom is -0.422 e. The summed E-state index contributed by atoms with van der Waals surface area (Å²) in [6, 6.07) is 6.30. The predicted octanol–water partition coefficient (Wildman–Crippen LogP) is 2.93. The Morgan fingerprint density at radius 1 is 1.10 bits per heavy atom. The van der Waals surface area contributed by atoms with E-state index in [4.69, 9.17) is 4.42 Å². The number of likely N-dealkylation sites (tertiary alicyclic amines) is 2. The maximum Gasteiger partial charge on any atom is 0.347 e. The standard InChI is InChI=1S/C23H28N4O3/c1-16-5-6-20-18(13-16)22-19(23(29)30-20)14-24-27(22)15-21(28)26-11-7-17(8-12-26)25-9-3-2-4-10-25/h5-6,13-14,17H,2-4,7-12,15H2,1H3. The molecule has 0 saturated carbocycles. The molecule has 2 fully saturated rings. The van der Waals surface area contributed by atoms with Gasteiger partial charge in [0.2, 0.25) is 5.91 Å². The highest BCUT2D eigenvalue weighted by Gasteiger charge is 2.28. The van der Waals surface area contributed by atoms with Gasteiger partial charge in [0.15, 0.2) is 0 Å². The molecule has 5 rings (SSSR count). The molecule has 2 aliphatic rings. The van der Waals surface area contributed by atoms with Gasteiger partial charge in [-0.05, 0) is 57.8 Å². The molecule has 0 unspecified atom stereocenters. The van der Waals surface area contributed by atoms with E-state index in [9.17, 15) is 9.59 Å². The number of hydrogen-bond donors (Lipinski definition) is 0. The van der Waals surface area contributed by atoms with Crippen LogP contribution in [0.4, 0.5) is 0 Å². The zero-order chi connectivity index (χ0) is 20.7.